The molecule has 0 aromatic heterocycles. The third-order valence-corrected chi connectivity index (χ3v) is 1.94. The first-order valence-corrected chi connectivity index (χ1v) is 5.03. The van der Waals surface area contributed by atoms with Crippen LogP contribution in [0, 0.1) is 0 Å². The smallest absolute Gasteiger partial charge is 0.229 e. The molecule has 1 rings (SSSR count). The highest BCUT2D eigenvalue weighted by Gasteiger charge is 1.97. The molecule has 3 heteroatoms. The van der Waals surface area contributed by atoms with E-state index in [-0.39, 0.29) is 6.79 Å². The van der Waals surface area contributed by atoms with Gasteiger partial charge in [-0.25, -0.2) is 0 Å². The molecule has 0 heterocycles. The summed E-state index contributed by atoms with van der Waals surface area (Å²) in [7, 11) is 0. The number of ether oxygens (including phenoxy) is 3. The molecule has 0 saturated heterocycles. The normalized spacial score (nSPS) is 9.25. The van der Waals surface area contributed by atoms with Gasteiger partial charge in [-0.1, -0.05) is 25.3 Å². The lowest BCUT2D eigenvalue weighted by molar-refractivity contribution is 0.0806. The molecule has 1 aromatic rings. The zero-order valence-electron chi connectivity index (χ0n) is 9.22. The second kappa shape index (κ2) is 7.40. The summed E-state index contributed by atoms with van der Waals surface area (Å²) in [6, 6.07) is 7.79. The summed E-state index contributed by atoms with van der Waals surface area (Å²) in [5.74, 6) is 0.776. The van der Waals surface area contributed by atoms with Crippen molar-refractivity contribution in [1.82, 2.24) is 0 Å². The van der Waals surface area contributed by atoms with E-state index in [0.29, 0.717) is 6.61 Å². The SMILES string of the molecule is C=COCCc1cccc(OCOC=C)c1. The summed E-state index contributed by atoms with van der Waals surface area (Å²) in [6.45, 7) is 7.72. The first-order chi connectivity index (χ1) is 7.86. The average Bonchev–Trinajstić information content (AvgIpc) is 2.30. The van der Waals surface area contributed by atoms with E-state index in [4.69, 9.17) is 14.2 Å². The van der Waals surface area contributed by atoms with Gasteiger partial charge in [0.15, 0.2) is 0 Å². The number of hydrogen-bond acceptors (Lipinski definition) is 3. The third kappa shape index (κ3) is 4.55. The summed E-state index contributed by atoms with van der Waals surface area (Å²) < 4.78 is 15.3. The molecule has 0 atom stereocenters. The van der Waals surface area contributed by atoms with Gasteiger partial charge in [0.2, 0.25) is 6.79 Å². The molecule has 3 nitrogen and oxygen atoms in total. The average molecular weight is 220 g/mol. The first-order valence-electron chi connectivity index (χ1n) is 5.03. The van der Waals surface area contributed by atoms with Gasteiger partial charge in [0.1, 0.15) is 5.75 Å². The lowest BCUT2D eigenvalue weighted by Crippen LogP contribution is -1.99. The van der Waals surface area contributed by atoms with Crippen LogP contribution in [0.3, 0.4) is 0 Å². The molecule has 0 radical (unpaired) electrons. The van der Waals surface area contributed by atoms with Crippen molar-refractivity contribution in [3.63, 3.8) is 0 Å². The van der Waals surface area contributed by atoms with Gasteiger partial charge in [-0.2, -0.15) is 0 Å². The van der Waals surface area contributed by atoms with Crippen molar-refractivity contribution in [1.29, 1.82) is 0 Å². The predicted molar refractivity (Wildman–Crippen MR) is 63.1 cm³/mol. The lowest BCUT2D eigenvalue weighted by Gasteiger charge is -2.07. The van der Waals surface area contributed by atoms with Crippen LogP contribution in [0.2, 0.25) is 0 Å². The minimum absolute atomic E-state index is 0.177. The minimum Gasteiger partial charge on any atom is -0.501 e. The van der Waals surface area contributed by atoms with Gasteiger partial charge in [0.25, 0.3) is 0 Å². The summed E-state index contributed by atoms with van der Waals surface area (Å²) >= 11 is 0. The fraction of sp³-hybridized carbons (Fsp3) is 0.231. The van der Waals surface area contributed by atoms with Crippen molar-refractivity contribution in [2.75, 3.05) is 13.4 Å². The van der Waals surface area contributed by atoms with Crippen LogP contribution in [0.25, 0.3) is 0 Å². The minimum atomic E-state index is 0.177. The summed E-state index contributed by atoms with van der Waals surface area (Å²) in [4.78, 5) is 0. The fourth-order valence-corrected chi connectivity index (χ4v) is 1.20. The Morgan fingerprint density at radius 2 is 1.94 bits per heavy atom. The van der Waals surface area contributed by atoms with Gasteiger partial charge in [0.05, 0.1) is 19.1 Å². The zero-order chi connectivity index (χ0) is 11.6. The quantitative estimate of drug-likeness (QED) is 0.383. The molecule has 0 unspecified atom stereocenters. The van der Waals surface area contributed by atoms with Gasteiger partial charge in [0, 0.05) is 6.42 Å². The van der Waals surface area contributed by atoms with Crippen LogP contribution >= 0.6 is 0 Å². The predicted octanol–water partition coefficient (Wildman–Crippen LogP) is 2.89. The molecule has 0 spiro atoms. The highest BCUT2D eigenvalue weighted by Crippen LogP contribution is 2.13. The molecular weight excluding hydrogens is 204 g/mol. The number of benzene rings is 1. The second-order valence-electron chi connectivity index (χ2n) is 3.03. The maximum atomic E-state index is 5.34. The van der Waals surface area contributed by atoms with E-state index in [1.165, 1.54) is 12.5 Å². The van der Waals surface area contributed by atoms with Crippen molar-refractivity contribution in [2.24, 2.45) is 0 Å². The fourth-order valence-electron chi connectivity index (χ4n) is 1.20. The molecule has 0 bridgehead atoms. The first kappa shape index (κ1) is 12.2. The monoisotopic (exact) mass is 220 g/mol. The molecule has 86 valence electrons. The van der Waals surface area contributed by atoms with Gasteiger partial charge in [-0.15, -0.1) is 0 Å². The largest absolute Gasteiger partial charge is 0.501 e. The molecule has 0 N–H and O–H groups in total. The van der Waals surface area contributed by atoms with Gasteiger partial charge in [-0.3, -0.25) is 0 Å². The summed E-state index contributed by atoms with van der Waals surface area (Å²) in [5.41, 5.74) is 1.15. The molecule has 0 fully saturated rings. The standard InChI is InChI=1S/C13H16O3/c1-3-14-9-8-12-6-5-7-13(10-12)16-11-15-4-2/h3-7,10H,1-2,8-9,11H2. The molecular formula is C13H16O3. The van der Waals surface area contributed by atoms with Crippen LogP contribution in [0.4, 0.5) is 0 Å². The van der Waals surface area contributed by atoms with Crippen molar-refractivity contribution >= 4 is 0 Å². The van der Waals surface area contributed by atoms with Crippen LogP contribution < -0.4 is 4.74 Å². The summed E-state index contributed by atoms with van der Waals surface area (Å²) in [5, 5.41) is 0. The van der Waals surface area contributed by atoms with E-state index >= 15 is 0 Å². The third-order valence-electron chi connectivity index (χ3n) is 1.94. The van der Waals surface area contributed by atoms with Crippen LogP contribution in [-0.2, 0) is 15.9 Å². The van der Waals surface area contributed by atoms with E-state index in [9.17, 15) is 0 Å². The number of rotatable bonds is 8. The molecule has 0 aliphatic heterocycles. The maximum Gasteiger partial charge on any atom is 0.229 e. The van der Waals surface area contributed by atoms with Crippen molar-refractivity contribution < 1.29 is 14.2 Å². The topological polar surface area (TPSA) is 27.7 Å². The maximum absolute atomic E-state index is 5.34. The van der Waals surface area contributed by atoms with Crippen LogP contribution in [0.5, 0.6) is 5.75 Å². The van der Waals surface area contributed by atoms with Crippen LogP contribution in [0.15, 0.2) is 49.9 Å². The molecule has 0 aliphatic carbocycles. The Morgan fingerprint density at radius 3 is 2.69 bits per heavy atom. The summed E-state index contributed by atoms with van der Waals surface area (Å²) in [6.07, 6.45) is 3.62. The Morgan fingerprint density at radius 1 is 1.12 bits per heavy atom. The van der Waals surface area contributed by atoms with Gasteiger partial charge < -0.3 is 14.2 Å². The van der Waals surface area contributed by atoms with Crippen molar-refractivity contribution in [3.8, 4) is 5.75 Å². The highest BCUT2D eigenvalue weighted by atomic mass is 16.7. The van der Waals surface area contributed by atoms with Gasteiger partial charge in [-0.05, 0) is 17.7 Å². The Hall–Kier alpha value is -1.90. The molecule has 0 amide bonds. The van der Waals surface area contributed by atoms with Crippen LogP contribution in [0.1, 0.15) is 5.56 Å². The van der Waals surface area contributed by atoms with E-state index in [1.807, 2.05) is 24.3 Å². The molecule has 1 aromatic carbocycles. The Balaban J connectivity index is 2.43. The molecule has 16 heavy (non-hydrogen) atoms. The van der Waals surface area contributed by atoms with E-state index in [1.54, 1.807) is 0 Å². The molecule has 0 aliphatic rings. The Labute approximate surface area is 95.9 Å². The van der Waals surface area contributed by atoms with E-state index in [0.717, 1.165) is 17.7 Å². The van der Waals surface area contributed by atoms with E-state index in [2.05, 4.69) is 13.2 Å². The highest BCUT2D eigenvalue weighted by molar-refractivity contribution is 5.28. The van der Waals surface area contributed by atoms with Crippen LogP contribution in [-0.4, -0.2) is 13.4 Å². The zero-order valence-corrected chi connectivity index (χ0v) is 9.22. The van der Waals surface area contributed by atoms with Crippen molar-refractivity contribution in [2.45, 2.75) is 6.42 Å². The van der Waals surface area contributed by atoms with E-state index < -0.39 is 0 Å². The molecule has 0 saturated carbocycles. The van der Waals surface area contributed by atoms with Crippen molar-refractivity contribution in [3.05, 3.63) is 55.5 Å². The second-order valence-corrected chi connectivity index (χ2v) is 3.03. The lowest BCUT2D eigenvalue weighted by atomic mass is 10.1. The number of hydrogen-bond donors (Lipinski definition) is 0. The Bertz CT molecular complexity index is 304. The van der Waals surface area contributed by atoms with Gasteiger partial charge >= 0.3 is 0 Å². The Kier molecular flexibility index (Phi) is 5.63.